The molecule has 4 nitrogen and oxygen atoms in total. The maximum Gasteiger partial charge on any atom is 0.257 e. The molecule has 2 heterocycles. The van der Waals surface area contributed by atoms with Gasteiger partial charge in [0.25, 0.3) is 5.91 Å². The molecule has 0 bridgehead atoms. The van der Waals surface area contributed by atoms with Crippen molar-refractivity contribution < 1.29 is 14.3 Å². The number of carbonyl (C=O) groups excluding carboxylic acids is 1. The van der Waals surface area contributed by atoms with Crippen molar-refractivity contribution in [3.8, 4) is 5.75 Å². The Morgan fingerprint density at radius 3 is 2.38 bits per heavy atom. The Balaban J connectivity index is 1.75. The van der Waals surface area contributed by atoms with Gasteiger partial charge in [-0.3, -0.25) is 9.69 Å². The van der Waals surface area contributed by atoms with Crippen molar-refractivity contribution >= 4 is 22.3 Å². The number of ether oxygens (including phenoxy) is 2. The summed E-state index contributed by atoms with van der Waals surface area (Å²) in [5.41, 5.74) is 2.81. The third kappa shape index (κ3) is 1.71. The van der Waals surface area contributed by atoms with Gasteiger partial charge in [-0.2, -0.15) is 0 Å². The Hall–Kier alpha value is -3.27. The normalized spacial score (nSPS) is 20.6. The second-order valence-corrected chi connectivity index (χ2v) is 6.60. The minimum atomic E-state index is -0.889. The van der Waals surface area contributed by atoms with Crippen LogP contribution in [0.2, 0.25) is 0 Å². The number of benzene rings is 3. The molecule has 0 saturated heterocycles. The van der Waals surface area contributed by atoms with Crippen LogP contribution >= 0.6 is 0 Å². The second kappa shape index (κ2) is 5.11. The molecule has 26 heavy (non-hydrogen) atoms. The highest BCUT2D eigenvalue weighted by Gasteiger charge is 2.54. The lowest BCUT2D eigenvalue weighted by molar-refractivity contribution is -0.0732. The number of hydrogen-bond acceptors (Lipinski definition) is 3. The molecule has 1 unspecified atom stereocenters. The SMILES string of the molecule is COc1ccc(C2=COC23c2cccc4cccc(c24)C(=O)N3C)cc1. The maximum atomic E-state index is 13.1. The van der Waals surface area contributed by atoms with Gasteiger partial charge in [0.1, 0.15) is 5.75 Å². The summed E-state index contributed by atoms with van der Waals surface area (Å²) < 4.78 is 11.3. The average Bonchev–Trinajstić information content (AvgIpc) is 2.66. The lowest BCUT2D eigenvalue weighted by Gasteiger charge is -2.50. The smallest absolute Gasteiger partial charge is 0.257 e. The molecule has 2 aliphatic rings. The summed E-state index contributed by atoms with van der Waals surface area (Å²) in [6, 6.07) is 19.8. The van der Waals surface area contributed by atoms with E-state index in [1.807, 2.05) is 60.7 Å². The summed E-state index contributed by atoms with van der Waals surface area (Å²) >= 11 is 0. The molecule has 0 saturated carbocycles. The van der Waals surface area contributed by atoms with Gasteiger partial charge in [-0.05, 0) is 29.1 Å². The van der Waals surface area contributed by atoms with Gasteiger partial charge in [-0.15, -0.1) is 0 Å². The molecule has 5 rings (SSSR count). The van der Waals surface area contributed by atoms with E-state index < -0.39 is 5.72 Å². The van der Waals surface area contributed by atoms with Crippen molar-refractivity contribution in [2.75, 3.05) is 14.2 Å². The third-order valence-electron chi connectivity index (χ3n) is 5.39. The molecular weight excluding hydrogens is 326 g/mol. The first-order valence-electron chi connectivity index (χ1n) is 8.50. The fraction of sp³-hybridized carbons (Fsp3) is 0.136. The monoisotopic (exact) mass is 343 g/mol. The zero-order valence-corrected chi connectivity index (χ0v) is 14.5. The number of hydrogen-bond donors (Lipinski definition) is 0. The van der Waals surface area contributed by atoms with Crippen molar-refractivity contribution in [2.45, 2.75) is 5.72 Å². The number of carbonyl (C=O) groups is 1. The lowest BCUT2D eigenvalue weighted by Crippen LogP contribution is -2.55. The number of fused-ring (bicyclic) bond motifs is 1. The van der Waals surface area contributed by atoms with E-state index in [1.165, 1.54) is 0 Å². The van der Waals surface area contributed by atoms with Gasteiger partial charge in [-0.25, -0.2) is 0 Å². The van der Waals surface area contributed by atoms with E-state index in [0.29, 0.717) is 0 Å². The van der Waals surface area contributed by atoms with Gasteiger partial charge >= 0.3 is 0 Å². The Bertz CT molecular complexity index is 1080. The van der Waals surface area contributed by atoms with Gasteiger partial charge < -0.3 is 9.47 Å². The van der Waals surface area contributed by atoms with Crippen LogP contribution in [0.3, 0.4) is 0 Å². The Morgan fingerprint density at radius 2 is 1.73 bits per heavy atom. The number of methoxy groups -OCH3 is 1. The Morgan fingerprint density at radius 1 is 1.00 bits per heavy atom. The molecule has 1 amide bonds. The standard InChI is InChI=1S/C22H17NO3/c1-23-21(24)17-7-3-5-15-6-4-8-18(20(15)17)22(23)19(13-26-22)14-9-11-16(25-2)12-10-14/h3-13H,1-2H3. The highest BCUT2D eigenvalue weighted by atomic mass is 16.5. The topological polar surface area (TPSA) is 38.8 Å². The predicted octanol–water partition coefficient (Wildman–Crippen LogP) is 4.16. The van der Waals surface area contributed by atoms with E-state index in [9.17, 15) is 4.79 Å². The van der Waals surface area contributed by atoms with Crippen LogP contribution in [-0.2, 0) is 10.5 Å². The summed E-state index contributed by atoms with van der Waals surface area (Å²) in [7, 11) is 3.45. The van der Waals surface area contributed by atoms with Crippen LogP contribution in [0.1, 0.15) is 21.5 Å². The number of likely N-dealkylation sites (N-methyl/N-ethyl adjacent to an activating group) is 1. The molecule has 2 aliphatic heterocycles. The zero-order valence-electron chi connectivity index (χ0n) is 14.5. The van der Waals surface area contributed by atoms with Gasteiger partial charge in [0.05, 0.1) is 18.9 Å². The van der Waals surface area contributed by atoms with Crippen LogP contribution in [-0.4, -0.2) is 25.0 Å². The van der Waals surface area contributed by atoms with Crippen LogP contribution in [0.25, 0.3) is 16.3 Å². The molecule has 0 aromatic heterocycles. The van der Waals surface area contributed by atoms with E-state index in [-0.39, 0.29) is 5.91 Å². The van der Waals surface area contributed by atoms with Crippen molar-refractivity contribution in [3.05, 3.63) is 83.6 Å². The predicted molar refractivity (Wildman–Crippen MR) is 99.8 cm³/mol. The van der Waals surface area contributed by atoms with E-state index in [1.54, 1.807) is 25.3 Å². The van der Waals surface area contributed by atoms with Crippen LogP contribution in [0, 0.1) is 0 Å². The van der Waals surface area contributed by atoms with Crippen molar-refractivity contribution in [3.63, 3.8) is 0 Å². The molecule has 0 aliphatic carbocycles. The van der Waals surface area contributed by atoms with E-state index >= 15 is 0 Å². The van der Waals surface area contributed by atoms with Crippen molar-refractivity contribution in [2.24, 2.45) is 0 Å². The molecule has 3 aromatic rings. The van der Waals surface area contributed by atoms with Crippen LogP contribution in [0.15, 0.2) is 66.9 Å². The average molecular weight is 343 g/mol. The minimum Gasteiger partial charge on any atom is -0.497 e. The zero-order chi connectivity index (χ0) is 17.9. The summed E-state index contributed by atoms with van der Waals surface area (Å²) in [6.07, 6.45) is 1.73. The van der Waals surface area contributed by atoms with Crippen molar-refractivity contribution in [1.82, 2.24) is 4.90 Å². The van der Waals surface area contributed by atoms with Crippen LogP contribution < -0.4 is 4.74 Å². The van der Waals surface area contributed by atoms with Gasteiger partial charge in [0, 0.05) is 23.6 Å². The molecule has 0 N–H and O–H groups in total. The second-order valence-electron chi connectivity index (χ2n) is 6.60. The molecule has 128 valence electrons. The molecule has 3 aromatic carbocycles. The Kier molecular flexibility index (Phi) is 2.95. The highest BCUT2D eigenvalue weighted by Crippen LogP contribution is 2.53. The van der Waals surface area contributed by atoms with Gasteiger partial charge in [-0.1, -0.05) is 42.5 Å². The van der Waals surface area contributed by atoms with Crippen molar-refractivity contribution in [1.29, 1.82) is 0 Å². The van der Waals surface area contributed by atoms with E-state index in [4.69, 9.17) is 9.47 Å². The number of nitrogens with zero attached hydrogens (tertiary/aromatic N) is 1. The summed E-state index contributed by atoms with van der Waals surface area (Å²) in [5.74, 6) is 0.762. The Labute approximate surface area is 151 Å². The number of rotatable bonds is 2. The molecule has 1 atom stereocenters. The highest BCUT2D eigenvalue weighted by molar-refractivity contribution is 6.12. The molecule has 1 spiro atoms. The molecule has 0 fully saturated rings. The first-order chi connectivity index (χ1) is 12.7. The van der Waals surface area contributed by atoms with E-state index in [0.717, 1.165) is 38.8 Å². The van der Waals surface area contributed by atoms with E-state index in [2.05, 4.69) is 0 Å². The van der Waals surface area contributed by atoms with Crippen LogP contribution in [0.4, 0.5) is 0 Å². The first kappa shape index (κ1) is 15.0. The fourth-order valence-corrected chi connectivity index (χ4v) is 4.04. The molecule has 0 radical (unpaired) electrons. The molecular formula is C22H17NO3. The largest absolute Gasteiger partial charge is 0.497 e. The van der Waals surface area contributed by atoms with Gasteiger partial charge in [0.15, 0.2) is 0 Å². The lowest BCUT2D eigenvalue weighted by atomic mass is 9.79. The quantitative estimate of drug-likeness (QED) is 0.701. The third-order valence-corrected chi connectivity index (χ3v) is 5.39. The first-order valence-corrected chi connectivity index (χ1v) is 8.50. The minimum absolute atomic E-state index is 0.0339. The number of amides is 1. The van der Waals surface area contributed by atoms with Crippen LogP contribution in [0.5, 0.6) is 5.75 Å². The summed E-state index contributed by atoms with van der Waals surface area (Å²) in [4.78, 5) is 14.8. The summed E-state index contributed by atoms with van der Waals surface area (Å²) in [5, 5.41) is 2.02. The fourth-order valence-electron chi connectivity index (χ4n) is 4.04. The summed E-state index contributed by atoms with van der Waals surface area (Å²) in [6.45, 7) is 0. The van der Waals surface area contributed by atoms with Gasteiger partial charge in [0.2, 0.25) is 5.72 Å². The molecule has 4 heteroatoms. The maximum absolute atomic E-state index is 13.1.